The van der Waals surface area contributed by atoms with E-state index < -0.39 is 33.6 Å². The van der Waals surface area contributed by atoms with Gasteiger partial charge in [0.25, 0.3) is 17.9 Å². The van der Waals surface area contributed by atoms with Gasteiger partial charge in [-0.2, -0.15) is 4.52 Å². The number of rotatable bonds is 6. The van der Waals surface area contributed by atoms with Crippen molar-refractivity contribution in [3.8, 4) is 11.1 Å². The van der Waals surface area contributed by atoms with E-state index in [-0.39, 0.29) is 33.8 Å². The Morgan fingerprint density at radius 1 is 1.09 bits per heavy atom. The highest BCUT2D eigenvalue weighted by Crippen LogP contribution is 2.33. The Balaban J connectivity index is 1.78. The van der Waals surface area contributed by atoms with E-state index in [0.717, 1.165) is 10.8 Å². The lowest BCUT2D eigenvalue weighted by atomic mass is 10.1. The van der Waals surface area contributed by atoms with E-state index in [1.807, 2.05) is 0 Å². The van der Waals surface area contributed by atoms with Crippen LogP contribution in [-0.2, 0) is 10.0 Å². The molecule has 0 unspecified atom stereocenters. The van der Waals surface area contributed by atoms with Crippen molar-refractivity contribution in [2.75, 3.05) is 16.3 Å². The average Bonchev–Trinajstić information content (AvgIpc) is 3.13. The SMILES string of the molecule is Cc1nc2c(-c3ccccc3)c(C(F)F)[nH]n2c(=O)c1C(=O)Nc1cccc(NS(C)(=O)=O)c1. The number of H-pyrrole nitrogens is 1. The fourth-order valence-electron chi connectivity index (χ4n) is 3.57. The first kappa shape index (κ1) is 23.1. The van der Waals surface area contributed by atoms with Gasteiger partial charge in [-0.15, -0.1) is 0 Å². The summed E-state index contributed by atoms with van der Waals surface area (Å²) in [7, 11) is -3.54. The Hall–Kier alpha value is -4.06. The molecule has 1 amide bonds. The molecule has 0 atom stereocenters. The molecule has 3 N–H and O–H groups in total. The molecule has 0 aliphatic carbocycles. The second kappa shape index (κ2) is 8.71. The number of nitrogens with one attached hydrogen (secondary N) is 3. The molecule has 0 saturated heterocycles. The molecule has 34 heavy (non-hydrogen) atoms. The zero-order valence-corrected chi connectivity index (χ0v) is 18.8. The molecule has 2 aromatic carbocycles. The number of sulfonamides is 1. The third-order valence-electron chi connectivity index (χ3n) is 4.92. The van der Waals surface area contributed by atoms with Crippen LogP contribution in [0.15, 0.2) is 59.4 Å². The number of fused-ring (bicyclic) bond motifs is 1. The van der Waals surface area contributed by atoms with Crippen LogP contribution in [0.4, 0.5) is 20.2 Å². The van der Waals surface area contributed by atoms with Crippen LogP contribution in [0.1, 0.15) is 28.2 Å². The molecule has 0 saturated carbocycles. The number of alkyl halides is 2. The summed E-state index contributed by atoms with van der Waals surface area (Å²) in [4.78, 5) is 30.4. The number of hydrogen-bond donors (Lipinski definition) is 3. The van der Waals surface area contributed by atoms with Gasteiger partial charge in [-0.05, 0) is 30.7 Å². The van der Waals surface area contributed by atoms with Crippen LogP contribution in [0.5, 0.6) is 0 Å². The van der Waals surface area contributed by atoms with E-state index in [1.54, 1.807) is 30.3 Å². The number of aromatic amines is 1. The third kappa shape index (κ3) is 4.53. The average molecular weight is 487 g/mol. The van der Waals surface area contributed by atoms with Crippen LogP contribution >= 0.6 is 0 Å². The summed E-state index contributed by atoms with van der Waals surface area (Å²) in [6.07, 6.45) is -1.93. The molecular formula is C22H19F2N5O4S. The van der Waals surface area contributed by atoms with Gasteiger partial charge in [-0.3, -0.25) is 19.4 Å². The number of halogens is 2. The monoisotopic (exact) mass is 487 g/mol. The molecule has 0 radical (unpaired) electrons. The van der Waals surface area contributed by atoms with E-state index in [1.165, 1.54) is 31.2 Å². The van der Waals surface area contributed by atoms with Crippen molar-refractivity contribution in [3.05, 3.63) is 81.9 Å². The van der Waals surface area contributed by atoms with E-state index in [2.05, 4.69) is 20.1 Å². The standard InChI is InChI=1S/C22H19F2N5O4S/c1-12-16(21(30)26-14-9-6-10-15(11-14)28-34(2,32)33)22(31)29-20(25-12)17(18(27-29)19(23)24)13-7-4-3-5-8-13/h3-11,19,27-28H,1-2H3,(H,26,30). The van der Waals surface area contributed by atoms with E-state index in [4.69, 9.17) is 0 Å². The summed E-state index contributed by atoms with van der Waals surface area (Å²) in [6, 6.07) is 14.2. The molecule has 12 heteroatoms. The van der Waals surface area contributed by atoms with Crippen LogP contribution in [-0.4, -0.2) is 35.2 Å². The molecule has 2 aromatic heterocycles. The molecular weight excluding hydrogens is 468 g/mol. The molecule has 2 heterocycles. The Bertz CT molecular complexity index is 1560. The molecule has 0 bridgehead atoms. The summed E-state index contributed by atoms with van der Waals surface area (Å²) in [5.74, 6) is -0.824. The van der Waals surface area contributed by atoms with E-state index in [0.29, 0.717) is 5.56 Å². The maximum atomic E-state index is 13.8. The smallest absolute Gasteiger partial charge is 0.285 e. The highest BCUT2D eigenvalue weighted by atomic mass is 32.2. The highest BCUT2D eigenvalue weighted by Gasteiger charge is 2.26. The van der Waals surface area contributed by atoms with Gasteiger partial charge in [-0.25, -0.2) is 22.2 Å². The van der Waals surface area contributed by atoms with Crippen LogP contribution in [0.25, 0.3) is 16.8 Å². The van der Waals surface area contributed by atoms with Gasteiger partial charge in [-0.1, -0.05) is 36.4 Å². The fourth-order valence-corrected chi connectivity index (χ4v) is 4.13. The lowest BCUT2D eigenvalue weighted by Gasteiger charge is -2.10. The number of aryl methyl sites for hydroxylation is 1. The molecule has 0 aliphatic rings. The van der Waals surface area contributed by atoms with E-state index >= 15 is 0 Å². The fraction of sp³-hybridized carbons (Fsp3) is 0.136. The van der Waals surface area contributed by atoms with Crippen molar-refractivity contribution in [3.63, 3.8) is 0 Å². The number of anilines is 2. The lowest BCUT2D eigenvalue weighted by molar-refractivity contribution is 0.102. The maximum Gasteiger partial charge on any atom is 0.285 e. The molecule has 0 aliphatic heterocycles. The first-order valence-corrected chi connectivity index (χ1v) is 11.8. The van der Waals surface area contributed by atoms with Gasteiger partial charge < -0.3 is 5.32 Å². The molecule has 4 rings (SSSR count). The Labute approximate surface area is 192 Å². The number of amides is 1. The van der Waals surface area contributed by atoms with Crippen molar-refractivity contribution in [1.29, 1.82) is 0 Å². The van der Waals surface area contributed by atoms with Crippen molar-refractivity contribution >= 4 is 33.0 Å². The summed E-state index contributed by atoms with van der Waals surface area (Å²) in [5, 5.41) is 4.90. The van der Waals surface area contributed by atoms with Crippen LogP contribution in [0, 0.1) is 6.92 Å². The Morgan fingerprint density at radius 3 is 2.41 bits per heavy atom. The number of carbonyl (C=O) groups is 1. The van der Waals surface area contributed by atoms with Crippen molar-refractivity contribution < 1.29 is 22.0 Å². The van der Waals surface area contributed by atoms with Crippen LogP contribution < -0.4 is 15.6 Å². The molecule has 0 spiro atoms. The Morgan fingerprint density at radius 2 is 1.76 bits per heavy atom. The minimum atomic E-state index is -3.54. The largest absolute Gasteiger partial charge is 0.322 e. The lowest BCUT2D eigenvalue weighted by Crippen LogP contribution is -2.29. The van der Waals surface area contributed by atoms with Gasteiger partial charge in [0.05, 0.1) is 23.2 Å². The molecule has 9 nitrogen and oxygen atoms in total. The summed E-state index contributed by atoms with van der Waals surface area (Å²) < 4.78 is 53.6. The van der Waals surface area contributed by atoms with Gasteiger partial charge in [0.15, 0.2) is 5.65 Å². The minimum absolute atomic E-state index is 0.0279. The third-order valence-corrected chi connectivity index (χ3v) is 5.53. The van der Waals surface area contributed by atoms with E-state index in [9.17, 15) is 26.8 Å². The topological polar surface area (TPSA) is 125 Å². The van der Waals surface area contributed by atoms with Gasteiger partial charge in [0.2, 0.25) is 10.0 Å². The van der Waals surface area contributed by atoms with Crippen molar-refractivity contribution in [2.24, 2.45) is 0 Å². The van der Waals surface area contributed by atoms with Gasteiger partial charge in [0, 0.05) is 5.69 Å². The first-order valence-electron chi connectivity index (χ1n) is 9.93. The number of hydrogen-bond acceptors (Lipinski definition) is 5. The van der Waals surface area contributed by atoms with Crippen LogP contribution in [0.3, 0.4) is 0 Å². The minimum Gasteiger partial charge on any atom is -0.322 e. The van der Waals surface area contributed by atoms with Crippen molar-refractivity contribution in [1.82, 2.24) is 14.6 Å². The van der Waals surface area contributed by atoms with Crippen molar-refractivity contribution in [2.45, 2.75) is 13.3 Å². The normalized spacial score (nSPS) is 11.7. The predicted octanol–water partition coefficient (Wildman–Crippen LogP) is 3.56. The zero-order valence-electron chi connectivity index (χ0n) is 18.0. The number of benzene rings is 2. The maximum absolute atomic E-state index is 13.8. The summed E-state index contributed by atoms with van der Waals surface area (Å²) in [6.45, 7) is 1.43. The number of carbonyl (C=O) groups excluding carboxylic acids is 1. The summed E-state index contributed by atoms with van der Waals surface area (Å²) >= 11 is 0. The second-order valence-corrected chi connectivity index (χ2v) is 9.26. The number of aromatic nitrogens is 3. The molecule has 0 fully saturated rings. The number of nitrogens with zero attached hydrogens (tertiary/aromatic N) is 2. The van der Waals surface area contributed by atoms with Gasteiger partial charge in [0.1, 0.15) is 11.3 Å². The second-order valence-electron chi connectivity index (χ2n) is 7.51. The van der Waals surface area contributed by atoms with Crippen LogP contribution in [0.2, 0.25) is 0 Å². The van der Waals surface area contributed by atoms with Gasteiger partial charge >= 0.3 is 0 Å². The summed E-state index contributed by atoms with van der Waals surface area (Å²) in [5.41, 5.74) is -0.738. The molecule has 4 aromatic rings. The highest BCUT2D eigenvalue weighted by molar-refractivity contribution is 7.92. The quantitative estimate of drug-likeness (QED) is 0.384. The first-order chi connectivity index (χ1) is 16.0. The Kier molecular flexibility index (Phi) is 5.92. The zero-order chi connectivity index (χ0) is 24.6. The molecule has 176 valence electrons. The predicted molar refractivity (Wildman–Crippen MR) is 124 cm³/mol.